The van der Waals surface area contributed by atoms with Gasteiger partial charge in [-0.1, -0.05) is 12.1 Å². The Kier molecular flexibility index (Phi) is 6.92. The molecule has 188 valence electrons. The quantitative estimate of drug-likeness (QED) is 0.461. The van der Waals surface area contributed by atoms with Gasteiger partial charge < -0.3 is 19.6 Å². The molecule has 1 saturated heterocycles. The Bertz CT molecular complexity index is 1180. The molecule has 0 N–H and O–H groups in total. The highest BCUT2D eigenvalue weighted by atomic mass is 19.4. The van der Waals surface area contributed by atoms with Gasteiger partial charge >= 0.3 is 18.1 Å². The summed E-state index contributed by atoms with van der Waals surface area (Å²) < 4.78 is 52.3. The number of hydrogen-bond acceptors (Lipinski definition) is 8. The van der Waals surface area contributed by atoms with Crippen molar-refractivity contribution in [1.29, 1.82) is 5.26 Å². The molecule has 0 aliphatic carbocycles. The number of carbonyl (C=O) groups is 1. The van der Waals surface area contributed by atoms with Crippen molar-refractivity contribution in [2.24, 2.45) is 0 Å². The van der Waals surface area contributed by atoms with Crippen LogP contribution in [0, 0.1) is 28.4 Å². The van der Waals surface area contributed by atoms with E-state index in [1.165, 1.54) is 17.9 Å². The second-order valence-corrected chi connectivity index (χ2v) is 8.90. The summed E-state index contributed by atoms with van der Waals surface area (Å²) in [6, 6.07) is 5.95. The van der Waals surface area contributed by atoms with E-state index in [1.54, 1.807) is 20.8 Å². The molecular weight excluding hydrogens is 471 g/mol. The van der Waals surface area contributed by atoms with E-state index in [9.17, 15) is 33.3 Å². The van der Waals surface area contributed by atoms with Crippen LogP contribution < -0.4 is 0 Å². The smallest absolute Gasteiger partial charge is 0.422 e. The second-order valence-electron chi connectivity index (χ2n) is 8.90. The van der Waals surface area contributed by atoms with Crippen molar-refractivity contribution in [2.45, 2.75) is 45.0 Å². The fourth-order valence-corrected chi connectivity index (χ4v) is 3.98. The minimum absolute atomic E-state index is 0.0551. The molecule has 1 fully saturated rings. The highest BCUT2D eigenvalue weighted by molar-refractivity contribution is 5.75. The monoisotopic (exact) mass is 495 g/mol. The second kappa shape index (κ2) is 9.27. The van der Waals surface area contributed by atoms with Gasteiger partial charge in [-0.3, -0.25) is 4.90 Å². The molecule has 1 aromatic carbocycles. The van der Waals surface area contributed by atoms with Crippen LogP contribution in [0.4, 0.5) is 23.8 Å². The zero-order chi connectivity index (χ0) is 26.2. The van der Waals surface area contributed by atoms with Crippen LogP contribution in [0.3, 0.4) is 0 Å². The molecule has 3 rings (SSSR count). The average Bonchev–Trinajstić information content (AvgIpc) is 3.12. The maximum Gasteiger partial charge on any atom is 0.422 e. The average molecular weight is 495 g/mol. The minimum atomic E-state index is -4.74. The van der Waals surface area contributed by atoms with Gasteiger partial charge in [0.15, 0.2) is 11.2 Å². The summed E-state index contributed by atoms with van der Waals surface area (Å²) >= 11 is 0. The summed E-state index contributed by atoms with van der Waals surface area (Å²) in [5, 5.41) is 22.6. The first-order valence-electron chi connectivity index (χ1n) is 10.6. The molecule has 2 aromatic rings. The van der Waals surface area contributed by atoms with Gasteiger partial charge in [-0.25, -0.2) is 9.36 Å². The van der Waals surface area contributed by atoms with Gasteiger partial charge in [0.05, 0.1) is 24.8 Å². The standard InChI is InChI=1S/C22H24F3N5O5/c1-14-27-18(30(32)33)17(29(14)19(31)35-20(2,3)4)21(13-26,28-8-10-34-11-9-28)15-6-5-7-16(12-15)22(23,24)25/h5-7,12H,8-11H2,1-4H3. The van der Waals surface area contributed by atoms with E-state index >= 15 is 0 Å². The molecule has 1 unspecified atom stereocenters. The molecule has 0 amide bonds. The molecule has 1 aliphatic heterocycles. The lowest BCUT2D eigenvalue weighted by molar-refractivity contribution is -0.390. The van der Waals surface area contributed by atoms with Crippen molar-refractivity contribution in [3.8, 4) is 6.07 Å². The number of benzene rings is 1. The minimum Gasteiger partial charge on any atom is -0.443 e. The number of nitriles is 1. The van der Waals surface area contributed by atoms with E-state index in [4.69, 9.17) is 9.47 Å². The number of alkyl halides is 3. The molecule has 13 heteroatoms. The third kappa shape index (κ3) is 4.98. The van der Waals surface area contributed by atoms with Crippen molar-refractivity contribution in [1.82, 2.24) is 14.5 Å². The lowest BCUT2D eigenvalue weighted by atomic mass is 9.84. The lowest BCUT2D eigenvalue weighted by Crippen LogP contribution is -2.53. The zero-order valence-corrected chi connectivity index (χ0v) is 19.5. The highest BCUT2D eigenvalue weighted by Gasteiger charge is 2.52. The predicted octanol–water partition coefficient (Wildman–Crippen LogP) is 4.00. The number of hydrogen-bond donors (Lipinski definition) is 0. The van der Waals surface area contributed by atoms with Crippen molar-refractivity contribution < 1.29 is 32.4 Å². The van der Waals surface area contributed by atoms with E-state index < -0.39 is 45.4 Å². The number of rotatable bonds is 4. The van der Waals surface area contributed by atoms with Gasteiger partial charge in [0.2, 0.25) is 5.82 Å². The first kappa shape index (κ1) is 26.1. The molecule has 0 saturated carbocycles. The molecule has 0 spiro atoms. The van der Waals surface area contributed by atoms with E-state index in [0.717, 1.165) is 22.8 Å². The van der Waals surface area contributed by atoms with Crippen LogP contribution in [-0.4, -0.2) is 57.4 Å². The van der Waals surface area contributed by atoms with Crippen LogP contribution >= 0.6 is 0 Å². The van der Waals surface area contributed by atoms with Gasteiger partial charge in [0.1, 0.15) is 5.60 Å². The number of morpholine rings is 1. The number of aromatic nitrogens is 2. The summed E-state index contributed by atoms with van der Waals surface area (Å²) in [6.45, 7) is 6.41. The van der Waals surface area contributed by atoms with Crippen molar-refractivity contribution in [2.75, 3.05) is 26.3 Å². The fourth-order valence-electron chi connectivity index (χ4n) is 3.98. The third-order valence-corrected chi connectivity index (χ3v) is 5.37. The molecule has 0 radical (unpaired) electrons. The summed E-state index contributed by atoms with van der Waals surface area (Å²) in [6.07, 6.45) is -5.79. The largest absolute Gasteiger partial charge is 0.443 e. The Labute approximate surface area is 199 Å². The van der Waals surface area contributed by atoms with Gasteiger partial charge in [0.25, 0.3) is 0 Å². The van der Waals surface area contributed by atoms with Gasteiger partial charge in [-0.15, -0.1) is 0 Å². The molecule has 1 aliphatic rings. The number of aryl methyl sites for hydroxylation is 1. The van der Waals surface area contributed by atoms with Crippen LogP contribution in [0.2, 0.25) is 0 Å². The van der Waals surface area contributed by atoms with E-state index in [1.807, 2.05) is 6.07 Å². The van der Waals surface area contributed by atoms with Crippen molar-refractivity contribution in [3.05, 3.63) is 57.0 Å². The Morgan fingerprint density at radius 3 is 2.34 bits per heavy atom. The van der Waals surface area contributed by atoms with Crippen LogP contribution in [0.25, 0.3) is 0 Å². The molecular formula is C22H24F3N5O5. The molecule has 35 heavy (non-hydrogen) atoms. The van der Waals surface area contributed by atoms with Gasteiger partial charge in [-0.05, 0) is 48.4 Å². The fraction of sp³-hybridized carbons (Fsp3) is 0.500. The topological polar surface area (TPSA) is 124 Å². The van der Waals surface area contributed by atoms with Crippen LogP contribution in [0.5, 0.6) is 0 Å². The number of carbonyl (C=O) groups excluding carboxylic acids is 1. The maximum absolute atomic E-state index is 13.6. The predicted molar refractivity (Wildman–Crippen MR) is 115 cm³/mol. The lowest BCUT2D eigenvalue weighted by Gasteiger charge is -2.40. The van der Waals surface area contributed by atoms with Crippen molar-refractivity contribution in [3.63, 3.8) is 0 Å². The molecule has 1 aromatic heterocycles. The SMILES string of the molecule is Cc1nc([N+](=O)[O-])c(C(C#N)(c2cccc(C(F)(F)F)c2)N2CCOCC2)n1C(=O)OC(C)(C)C. The number of nitro groups is 1. The maximum atomic E-state index is 13.6. The van der Waals surface area contributed by atoms with Crippen LogP contribution in [0.1, 0.15) is 43.4 Å². The third-order valence-electron chi connectivity index (χ3n) is 5.37. The van der Waals surface area contributed by atoms with E-state index in [0.29, 0.717) is 0 Å². The van der Waals surface area contributed by atoms with Crippen LogP contribution in [-0.2, 0) is 21.2 Å². The molecule has 0 bridgehead atoms. The summed E-state index contributed by atoms with van der Waals surface area (Å²) in [4.78, 5) is 29.7. The zero-order valence-electron chi connectivity index (χ0n) is 19.5. The first-order chi connectivity index (χ1) is 16.2. The van der Waals surface area contributed by atoms with Crippen molar-refractivity contribution >= 4 is 11.9 Å². The normalized spacial score (nSPS) is 16.9. The van der Waals surface area contributed by atoms with E-state index in [-0.39, 0.29) is 37.7 Å². The number of nitrogens with zero attached hydrogens (tertiary/aromatic N) is 5. The Balaban J connectivity index is 2.43. The molecule has 10 nitrogen and oxygen atoms in total. The molecule has 1 atom stereocenters. The number of halogens is 3. The molecule has 2 heterocycles. The summed E-state index contributed by atoms with van der Waals surface area (Å²) in [7, 11) is 0. The van der Waals surface area contributed by atoms with Crippen LogP contribution in [0.15, 0.2) is 24.3 Å². The number of imidazole rings is 1. The summed E-state index contributed by atoms with van der Waals surface area (Å²) in [5.74, 6) is -0.986. The Morgan fingerprint density at radius 1 is 1.23 bits per heavy atom. The van der Waals surface area contributed by atoms with Gasteiger partial charge in [0, 0.05) is 20.0 Å². The number of ether oxygens (including phenoxy) is 2. The highest BCUT2D eigenvalue weighted by Crippen LogP contribution is 2.43. The van der Waals surface area contributed by atoms with E-state index in [2.05, 4.69) is 4.98 Å². The Morgan fingerprint density at radius 2 is 1.83 bits per heavy atom. The first-order valence-corrected chi connectivity index (χ1v) is 10.6. The van der Waals surface area contributed by atoms with Gasteiger partial charge in [-0.2, -0.15) is 18.4 Å². The Hall–Kier alpha value is -3.50. The summed E-state index contributed by atoms with van der Waals surface area (Å²) in [5.41, 5.74) is -4.95.